The molecule has 2 aromatic carbocycles. The number of aromatic nitrogens is 1. The van der Waals surface area contributed by atoms with Crippen LogP contribution in [0.25, 0.3) is 5.69 Å². The molecule has 0 saturated heterocycles. The lowest BCUT2D eigenvalue weighted by Gasteiger charge is -2.38. The van der Waals surface area contributed by atoms with E-state index in [1.54, 1.807) is 16.1 Å². The van der Waals surface area contributed by atoms with E-state index in [1.807, 2.05) is 85.9 Å². The smallest absolute Gasteiger partial charge is 0.254 e. The van der Waals surface area contributed by atoms with Crippen LogP contribution in [0.15, 0.2) is 89.7 Å². The number of benzene rings is 2. The molecule has 0 spiro atoms. The Morgan fingerprint density at radius 1 is 0.943 bits per heavy atom. The first-order chi connectivity index (χ1) is 17.1. The van der Waals surface area contributed by atoms with E-state index in [-0.39, 0.29) is 18.4 Å². The number of nitrogens with zero attached hydrogens (tertiary/aromatic N) is 3. The molecule has 2 amide bonds. The quantitative estimate of drug-likeness (QED) is 0.347. The molecule has 178 valence electrons. The molecular formula is C29H29N3O3. The van der Waals surface area contributed by atoms with Crippen LogP contribution >= 0.6 is 0 Å². The van der Waals surface area contributed by atoms with Crippen molar-refractivity contribution in [2.75, 3.05) is 18.0 Å². The summed E-state index contributed by atoms with van der Waals surface area (Å²) < 4.78 is 7.91. The van der Waals surface area contributed by atoms with Gasteiger partial charge in [-0.2, -0.15) is 0 Å². The van der Waals surface area contributed by atoms with Crippen LogP contribution in [-0.4, -0.2) is 34.4 Å². The summed E-state index contributed by atoms with van der Waals surface area (Å²) >= 11 is 0. The predicted octanol–water partition coefficient (Wildman–Crippen LogP) is 5.76. The number of carbonyl (C=O) groups is 2. The average molecular weight is 468 g/mol. The highest BCUT2D eigenvalue weighted by molar-refractivity contribution is 6.03. The zero-order valence-corrected chi connectivity index (χ0v) is 20.1. The molecule has 3 heterocycles. The van der Waals surface area contributed by atoms with Crippen LogP contribution in [0.2, 0.25) is 0 Å². The van der Waals surface area contributed by atoms with Crippen LogP contribution in [0.1, 0.15) is 53.2 Å². The monoisotopic (exact) mass is 467 g/mol. The maximum atomic E-state index is 14.1. The number of hydrogen-bond donors (Lipinski definition) is 0. The van der Waals surface area contributed by atoms with E-state index in [0.717, 1.165) is 35.5 Å². The van der Waals surface area contributed by atoms with Gasteiger partial charge in [-0.1, -0.05) is 43.7 Å². The summed E-state index contributed by atoms with van der Waals surface area (Å²) in [7, 11) is 0. The summed E-state index contributed by atoms with van der Waals surface area (Å²) in [5, 5.41) is 0. The number of fused-ring (bicyclic) bond motifs is 3. The number of unbranched alkanes of at least 4 members (excludes halogenated alkanes) is 1. The van der Waals surface area contributed by atoms with Crippen molar-refractivity contribution in [3.63, 3.8) is 0 Å². The zero-order chi connectivity index (χ0) is 24.4. The summed E-state index contributed by atoms with van der Waals surface area (Å²) in [6.07, 6.45) is 5.38. The summed E-state index contributed by atoms with van der Waals surface area (Å²) in [4.78, 5) is 31.1. The van der Waals surface area contributed by atoms with Crippen molar-refractivity contribution in [3.05, 3.63) is 108 Å². The lowest BCUT2D eigenvalue weighted by Crippen LogP contribution is -2.47. The normalized spacial score (nSPS) is 14.3. The van der Waals surface area contributed by atoms with Gasteiger partial charge in [0.25, 0.3) is 5.91 Å². The maximum Gasteiger partial charge on any atom is 0.254 e. The Hall–Kier alpha value is -4.06. The molecule has 1 unspecified atom stereocenters. The van der Waals surface area contributed by atoms with Crippen molar-refractivity contribution in [2.45, 2.75) is 32.7 Å². The van der Waals surface area contributed by atoms with Gasteiger partial charge < -0.3 is 13.9 Å². The van der Waals surface area contributed by atoms with Gasteiger partial charge in [0.2, 0.25) is 5.91 Å². The van der Waals surface area contributed by atoms with Crippen LogP contribution in [0.3, 0.4) is 0 Å². The van der Waals surface area contributed by atoms with Gasteiger partial charge in [0.05, 0.1) is 23.3 Å². The maximum absolute atomic E-state index is 14.1. The van der Waals surface area contributed by atoms with Gasteiger partial charge >= 0.3 is 0 Å². The lowest BCUT2D eigenvalue weighted by atomic mass is 10.0. The molecule has 4 aromatic rings. The molecule has 1 atom stereocenters. The van der Waals surface area contributed by atoms with Crippen LogP contribution in [0, 0.1) is 6.92 Å². The second-order valence-electron chi connectivity index (χ2n) is 8.87. The number of para-hydroxylation sites is 2. The largest absolute Gasteiger partial charge is 0.467 e. The van der Waals surface area contributed by atoms with Crippen LogP contribution < -0.4 is 4.90 Å². The second-order valence-corrected chi connectivity index (χ2v) is 8.87. The Morgan fingerprint density at radius 3 is 2.46 bits per heavy atom. The molecule has 0 saturated carbocycles. The fourth-order valence-corrected chi connectivity index (χ4v) is 4.80. The lowest BCUT2D eigenvalue weighted by molar-refractivity contribution is -0.119. The fourth-order valence-electron chi connectivity index (χ4n) is 4.80. The summed E-state index contributed by atoms with van der Waals surface area (Å²) in [5.74, 6) is 0.413. The third-order valence-corrected chi connectivity index (χ3v) is 6.57. The highest BCUT2D eigenvalue weighted by Gasteiger charge is 2.38. The highest BCUT2D eigenvalue weighted by atomic mass is 16.3. The first-order valence-corrected chi connectivity index (χ1v) is 12.1. The molecule has 1 aliphatic rings. The van der Waals surface area contributed by atoms with Crippen molar-refractivity contribution < 1.29 is 14.0 Å². The molecule has 0 radical (unpaired) electrons. The minimum absolute atomic E-state index is 0.0145. The number of furan rings is 1. The van der Waals surface area contributed by atoms with Crippen molar-refractivity contribution in [1.82, 2.24) is 9.47 Å². The van der Waals surface area contributed by atoms with E-state index >= 15 is 0 Å². The molecule has 6 nitrogen and oxygen atoms in total. The molecule has 6 heteroatoms. The summed E-state index contributed by atoms with van der Waals surface area (Å²) in [6.45, 7) is 4.52. The molecule has 0 aliphatic carbocycles. The topological polar surface area (TPSA) is 58.7 Å². The molecule has 35 heavy (non-hydrogen) atoms. The second kappa shape index (κ2) is 9.66. The number of anilines is 1. The molecular weight excluding hydrogens is 438 g/mol. The van der Waals surface area contributed by atoms with Gasteiger partial charge in [0.15, 0.2) is 0 Å². The SMILES string of the molecule is CCCCN(CC(=O)N1c2ccccc2-n2cccc2C1c1ccco1)C(=O)c1ccccc1C. The Labute approximate surface area is 205 Å². The van der Waals surface area contributed by atoms with E-state index in [9.17, 15) is 9.59 Å². The standard InChI is InChI=1S/C29H29N3O3/c1-3-4-17-30(29(34)22-12-6-5-11-21(22)2)20-27(33)32-24-14-8-7-13-23(24)31-18-9-15-25(31)28(32)26-16-10-19-35-26/h5-16,18-19,28H,3-4,17,20H2,1-2H3. The zero-order valence-electron chi connectivity index (χ0n) is 20.1. The van der Waals surface area contributed by atoms with E-state index in [0.29, 0.717) is 17.9 Å². The first kappa shape index (κ1) is 22.7. The minimum Gasteiger partial charge on any atom is -0.467 e. The van der Waals surface area contributed by atoms with Crippen molar-refractivity contribution in [2.24, 2.45) is 0 Å². The van der Waals surface area contributed by atoms with Gasteiger partial charge in [-0.25, -0.2) is 0 Å². The number of hydrogen-bond acceptors (Lipinski definition) is 3. The summed E-state index contributed by atoms with van der Waals surface area (Å²) in [5.41, 5.74) is 4.20. The summed E-state index contributed by atoms with van der Waals surface area (Å²) in [6, 6.07) is 22.7. The van der Waals surface area contributed by atoms with E-state index < -0.39 is 6.04 Å². The minimum atomic E-state index is -0.427. The van der Waals surface area contributed by atoms with Gasteiger partial charge in [-0.05, 0) is 61.4 Å². The van der Waals surface area contributed by atoms with E-state index in [4.69, 9.17) is 4.42 Å². The number of aryl methyl sites for hydroxylation is 1. The molecule has 2 aromatic heterocycles. The Morgan fingerprint density at radius 2 is 1.71 bits per heavy atom. The molecule has 0 fully saturated rings. The van der Waals surface area contributed by atoms with E-state index in [2.05, 4.69) is 11.5 Å². The van der Waals surface area contributed by atoms with Crippen molar-refractivity contribution in [1.29, 1.82) is 0 Å². The predicted molar refractivity (Wildman–Crippen MR) is 136 cm³/mol. The van der Waals surface area contributed by atoms with E-state index in [1.165, 1.54) is 0 Å². The van der Waals surface area contributed by atoms with Crippen molar-refractivity contribution in [3.8, 4) is 5.69 Å². The molecule has 0 N–H and O–H groups in total. The molecule has 1 aliphatic heterocycles. The van der Waals surface area contributed by atoms with Crippen LogP contribution in [0.5, 0.6) is 0 Å². The van der Waals surface area contributed by atoms with Gasteiger partial charge in [-0.15, -0.1) is 0 Å². The molecule has 0 bridgehead atoms. The average Bonchev–Trinajstić information content (AvgIpc) is 3.58. The Balaban J connectivity index is 1.54. The van der Waals surface area contributed by atoms with Crippen molar-refractivity contribution >= 4 is 17.5 Å². The number of rotatable bonds is 7. The van der Waals surface area contributed by atoms with Gasteiger partial charge in [0, 0.05) is 18.3 Å². The van der Waals surface area contributed by atoms with Crippen LogP contribution in [-0.2, 0) is 4.79 Å². The molecule has 5 rings (SSSR count). The first-order valence-electron chi connectivity index (χ1n) is 12.1. The number of carbonyl (C=O) groups excluding carboxylic acids is 2. The highest BCUT2D eigenvalue weighted by Crippen LogP contribution is 2.42. The fraction of sp³-hybridized carbons (Fsp3) is 0.241. The Bertz CT molecular complexity index is 1340. The number of amides is 2. The Kier molecular flexibility index (Phi) is 6.27. The van der Waals surface area contributed by atoms with Gasteiger partial charge in [-0.3, -0.25) is 14.5 Å². The van der Waals surface area contributed by atoms with Gasteiger partial charge in [0.1, 0.15) is 18.3 Å². The third-order valence-electron chi connectivity index (χ3n) is 6.57. The van der Waals surface area contributed by atoms with Crippen LogP contribution in [0.4, 0.5) is 5.69 Å². The third kappa shape index (κ3) is 4.16.